The van der Waals surface area contributed by atoms with E-state index in [0.29, 0.717) is 6.04 Å². The van der Waals surface area contributed by atoms with E-state index in [1.807, 2.05) is 4.68 Å². The quantitative estimate of drug-likeness (QED) is 0.700. The molecular formula is C10H21N5. The Balaban J connectivity index is 2.09. The van der Waals surface area contributed by atoms with E-state index < -0.39 is 0 Å². The average Bonchev–Trinajstić information content (AvgIpc) is 2.70. The lowest BCUT2D eigenvalue weighted by Crippen LogP contribution is -2.38. The van der Waals surface area contributed by atoms with Gasteiger partial charge in [-0.3, -0.25) is 4.68 Å². The molecule has 1 N–H and O–H groups in total. The van der Waals surface area contributed by atoms with Gasteiger partial charge in [0.15, 0.2) is 0 Å². The van der Waals surface area contributed by atoms with Crippen molar-refractivity contribution < 1.29 is 0 Å². The van der Waals surface area contributed by atoms with E-state index in [-0.39, 0.29) is 0 Å². The molecule has 86 valence electrons. The normalized spacial score (nSPS) is 13.3. The van der Waals surface area contributed by atoms with Crippen LogP contribution >= 0.6 is 0 Å². The molecule has 15 heavy (non-hydrogen) atoms. The Hall–Kier alpha value is -0.940. The predicted octanol–water partition coefficient (Wildman–Crippen LogP) is 0.208. The lowest BCUT2D eigenvalue weighted by Gasteiger charge is -2.20. The smallest absolute Gasteiger partial charge is 0.137 e. The molecule has 1 unspecified atom stereocenters. The Morgan fingerprint density at radius 2 is 2.33 bits per heavy atom. The van der Waals surface area contributed by atoms with Gasteiger partial charge in [-0.15, -0.1) is 0 Å². The Kier molecular flexibility index (Phi) is 5.28. The number of nitrogens with zero attached hydrogens (tertiary/aromatic N) is 4. The molecule has 1 aromatic rings. The summed E-state index contributed by atoms with van der Waals surface area (Å²) in [5, 5.41) is 7.50. The second kappa shape index (κ2) is 6.53. The monoisotopic (exact) mass is 211 g/mol. The molecule has 0 aliphatic heterocycles. The third-order valence-electron chi connectivity index (χ3n) is 2.43. The van der Waals surface area contributed by atoms with Crippen LogP contribution < -0.4 is 5.32 Å². The first-order valence-electron chi connectivity index (χ1n) is 5.46. The Morgan fingerprint density at radius 1 is 1.53 bits per heavy atom. The van der Waals surface area contributed by atoms with Crippen molar-refractivity contribution in [3.05, 3.63) is 12.7 Å². The molecule has 1 atom stereocenters. The van der Waals surface area contributed by atoms with Crippen molar-refractivity contribution in [2.45, 2.75) is 26.4 Å². The standard InChI is InChI=1S/C10H21N5/c1-4-14(3)7-10(2)12-5-6-15-9-11-8-13-15/h8-10,12H,4-7H2,1-3H3. The molecule has 0 saturated heterocycles. The van der Waals surface area contributed by atoms with Gasteiger partial charge in [0.2, 0.25) is 0 Å². The maximum atomic E-state index is 4.05. The van der Waals surface area contributed by atoms with Crippen LogP contribution in [0, 0.1) is 0 Å². The molecule has 1 rings (SSSR count). The van der Waals surface area contributed by atoms with Crippen LogP contribution in [0.3, 0.4) is 0 Å². The summed E-state index contributed by atoms with van der Waals surface area (Å²) >= 11 is 0. The van der Waals surface area contributed by atoms with E-state index >= 15 is 0 Å². The van der Waals surface area contributed by atoms with Gasteiger partial charge in [0.25, 0.3) is 0 Å². The first-order chi connectivity index (χ1) is 7.22. The summed E-state index contributed by atoms with van der Waals surface area (Å²) in [5.41, 5.74) is 0. The van der Waals surface area contributed by atoms with Crippen LogP contribution in [0.15, 0.2) is 12.7 Å². The van der Waals surface area contributed by atoms with Crippen molar-refractivity contribution in [1.82, 2.24) is 25.0 Å². The van der Waals surface area contributed by atoms with Gasteiger partial charge < -0.3 is 10.2 Å². The molecule has 0 aliphatic rings. The van der Waals surface area contributed by atoms with Gasteiger partial charge in [0, 0.05) is 19.1 Å². The fourth-order valence-corrected chi connectivity index (χ4v) is 1.43. The van der Waals surface area contributed by atoms with Gasteiger partial charge in [-0.1, -0.05) is 6.92 Å². The van der Waals surface area contributed by atoms with Gasteiger partial charge in [0.1, 0.15) is 12.7 Å². The molecule has 0 bridgehead atoms. The van der Waals surface area contributed by atoms with Crippen molar-refractivity contribution in [3.8, 4) is 0 Å². The number of nitrogens with one attached hydrogen (secondary N) is 1. The summed E-state index contributed by atoms with van der Waals surface area (Å²) in [7, 11) is 2.13. The van der Waals surface area contributed by atoms with E-state index in [2.05, 4.69) is 41.2 Å². The van der Waals surface area contributed by atoms with Gasteiger partial charge in [-0.2, -0.15) is 5.10 Å². The number of likely N-dealkylation sites (N-methyl/N-ethyl adjacent to an activating group) is 1. The number of rotatable bonds is 7. The SMILES string of the molecule is CCN(C)CC(C)NCCn1cncn1. The molecule has 0 spiro atoms. The molecule has 1 aromatic heterocycles. The van der Waals surface area contributed by atoms with E-state index in [4.69, 9.17) is 0 Å². The van der Waals surface area contributed by atoms with E-state index in [0.717, 1.165) is 26.2 Å². The summed E-state index contributed by atoms with van der Waals surface area (Å²) < 4.78 is 1.84. The van der Waals surface area contributed by atoms with Gasteiger partial charge in [-0.25, -0.2) is 4.98 Å². The molecule has 0 saturated carbocycles. The fourth-order valence-electron chi connectivity index (χ4n) is 1.43. The second-order valence-electron chi connectivity index (χ2n) is 3.87. The molecule has 0 fully saturated rings. The summed E-state index contributed by atoms with van der Waals surface area (Å²) in [4.78, 5) is 6.20. The third kappa shape index (κ3) is 4.90. The topological polar surface area (TPSA) is 46.0 Å². The lowest BCUT2D eigenvalue weighted by molar-refractivity contribution is 0.307. The highest BCUT2D eigenvalue weighted by Gasteiger charge is 2.03. The van der Waals surface area contributed by atoms with Crippen LogP contribution in [0.4, 0.5) is 0 Å². The summed E-state index contributed by atoms with van der Waals surface area (Å²) in [6.45, 7) is 8.35. The maximum Gasteiger partial charge on any atom is 0.137 e. The summed E-state index contributed by atoms with van der Waals surface area (Å²) in [6, 6.07) is 0.512. The van der Waals surface area contributed by atoms with Crippen LogP contribution in [0.5, 0.6) is 0 Å². The van der Waals surface area contributed by atoms with Crippen molar-refractivity contribution in [2.24, 2.45) is 0 Å². The van der Waals surface area contributed by atoms with Crippen LogP contribution in [0.1, 0.15) is 13.8 Å². The van der Waals surface area contributed by atoms with Crippen LogP contribution in [-0.4, -0.2) is 52.4 Å². The van der Waals surface area contributed by atoms with E-state index in [9.17, 15) is 0 Å². The zero-order valence-electron chi connectivity index (χ0n) is 9.85. The van der Waals surface area contributed by atoms with E-state index in [1.165, 1.54) is 0 Å². The van der Waals surface area contributed by atoms with Gasteiger partial charge in [-0.05, 0) is 20.5 Å². The Bertz CT molecular complexity index is 246. The van der Waals surface area contributed by atoms with Crippen molar-refractivity contribution in [3.63, 3.8) is 0 Å². The van der Waals surface area contributed by atoms with Gasteiger partial charge in [0.05, 0.1) is 6.54 Å². The predicted molar refractivity (Wildman–Crippen MR) is 60.7 cm³/mol. The molecule has 0 amide bonds. The zero-order valence-corrected chi connectivity index (χ0v) is 9.85. The molecule has 0 radical (unpaired) electrons. The minimum Gasteiger partial charge on any atom is -0.311 e. The largest absolute Gasteiger partial charge is 0.311 e. The number of hydrogen-bond donors (Lipinski definition) is 1. The average molecular weight is 211 g/mol. The Morgan fingerprint density at radius 3 is 2.93 bits per heavy atom. The molecule has 5 nitrogen and oxygen atoms in total. The third-order valence-corrected chi connectivity index (χ3v) is 2.43. The highest BCUT2D eigenvalue weighted by molar-refractivity contribution is 4.65. The first kappa shape index (κ1) is 12.1. The highest BCUT2D eigenvalue weighted by Crippen LogP contribution is 1.88. The van der Waals surface area contributed by atoms with Crippen molar-refractivity contribution in [1.29, 1.82) is 0 Å². The molecule has 0 aliphatic carbocycles. The molecular weight excluding hydrogens is 190 g/mol. The fraction of sp³-hybridized carbons (Fsp3) is 0.800. The van der Waals surface area contributed by atoms with Crippen molar-refractivity contribution in [2.75, 3.05) is 26.7 Å². The Labute approximate surface area is 91.5 Å². The number of hydrogen-bond acceptors (Lipinski definition) is 4. The van der Waals surface area contributed by atoms with Crippen LogP contribution in [0.2, 0.25) is 0 Å². The summed E-state index contributed by atoms with van der Waals surface area (Å²) in [6.07, 6.45) is 3.30. The zero-order chi connectivity index (χ0) is 11.1. The summed E-state index contributed by atoms with van der Waals surface area (Å²) in [5.74, 6) is 0. The molecule has 1 heterocycles. The van der Waals surface area contributed by atoms with Crippen LogP contribution in [-0.2, 0) is 6.54 Å². The minimum atomic E-state index is 0.512. The number of aromatic nitrogens is 3. The minimum absolute atomic E-state index is 0.512. The van der Waals surface area contributed by atoms with Crippen LogP contribution in [0.25, 0.3) is 0 Å². The lowest BCUT2D eigenvalue weighted by atomic mass is 10.3. The van der Waals surface area contributed by atoms with E-state index in [1.54, 1.807) is 12.7 Å². The molecule has 5 heteroatoms. The van der Waals surface area contributed by atoms with Gasteiger partial charge >= 0.3 is 0 Å². The van der Waals surface area contributed by atoms with Crippen molar-refractivity contribution >= 4 is 0 Å². The highest BCUT2D eigenvalue weighted by atomic mass is 15.3. The molecule has 0 aromatic carbocycles. The maximum absolute atomic E-state index is 4.05. The second-order valence-corrected chi connectivity index (χ2v) is 3.87. The first-order valence-corrected chi connectivity index (χ1v) is 5.46.